The van der Waals surface area contributed by atoms with Crippen LogP contribution < -0.4 is 0 Å². The summed E-state index contributed by atoms with van der Waals surface area (Å²) in [6.07, 6.45) is 5.43. The molecule has 1 nitrogen and oxygen atoms in total. The average Bonchev–Trinajstić information content (AvgIpc) is 2.29. The Kier molecular flexibility index (Phi) is 6.76. The maximum atomic E-state index is 2.33. The third-order valence-corrected chi connectivity index (χ3v) is 2.97. The quantitative estimate of drug-likeness (QED) is 0.442. The zero-order valence-electron chi connectivity index (χ0n) is 9.07. The van der Waals surface area contributed by atoms with E-state index in [9.17, 15) is 0 Å². The van der Waals surface area contributed by atoms with Crippen molar-refractivity contribution in [2.24, 2.45) is 0 Å². The summed E-state index contributed by atoms with van der Waals surface area (Å²) in [4.78, 5) is 2.33. The first-order valence-electron chi connectivity index (χ1n) is 5.19. The normalized spacial score (nSPS) is 11.4. The van der Waals surface area contributed by atoms with Crippen molar-refractivity contribution >= 4 is 27.6 Å². The van der Waals surface area contributed by atoms with Crippen molar-refractivity contribution in [1.29, 1.82) is 0 Å². The minimum absolute atomic E-state index is 1.00. The van der Waals surface area contributed by atoms with Gasteiger partial charge in [0, 0.05) is 0 Å². The lowest BCUT2D eigenvalue weighted by Crippen LogP contribution is -2.24. The van der Waals surface area contributed by atoms with Gasteiger partial charge in [-0.1, -0.05) is 42.5 Å². The van der Waals surface area contributed by atoms with E-state index in [1.54, 1.807) is 0 Å². The standard InChI is InChI=1S/C12H16BIN/c1-2-3-7-10-15(13-14)11-12-8-5-4-6-9-12/h2-6,8-9H,7,10-11H2,1H3/q-1/b3-2+. The Morgan fingerprint density at radius 2 is 2.07 bits per heavy atom. The second-order valence-electron chi connectivity index (χ2n) is 3.41. The van der Waals surface area contributed by atoms with Crippen molar-refractivity contribution in [3.05, 3.63) is 48.0 Å². The predicted molar refractivity (Wildman–Crippen MR) is 76.1 cm³/mol. The average molecular weight is 312 g/mol. The lowest BCUT2D eigenvalue weighted by Gasteiger charge is -2.32. The first kappa shape index (κ1) is 12.8. The number of nitrogens with zero attached hydrogens (tertiary/aromatic N) is 1. The zero-order valence-corrected chi connectivity index (χ0v) is 11.2. The molecule has 0 saturated carbocycles. The summed E-state index contributed by atoms with van der Waals surface area (Å²) >= 11 is 2.30. The molecule has 2 radical (unpaired) electrons. The molecule has 0 fully saturated rings. The summed E-state index contributed by atoms with van der Waals surface area (Å²) in [5.74, 6) is 0. The third-order valence-electron chi connectivity index (χ3n) is 2.19. The Bertz CT molecular complexity index is 287. The molecule has 0 amide bonds. The number of hydrogen-bond acceptors (Lipinski definition) is 1. The van der Waals surface area contributed by atoms with Gasteiger partial charge in [-0.2, -0.15) is 5.27 Å². The second-order valence-corrected chi connectivity index (χ2v) is 3.97. The molecule has 0 saturated heterocycles. The summed E-state index contributed by atoms with van der Waals surface area (Å²) in [6.45, 7) is 4.15. The Hall–Kier alpha value is -0.285. The molecular formula is C12H16BIN-. The second kappa shape index (κ2) is 7.94. The van der Waals surface area contributed by atoms with Crippen molar-refractivity contribution < 1.29 is 0 Å². The summed E-state index contributed by atoms with van der Waals surface area (Å²) in [7, 11) is 0. The molecule has 0 heterocycles. The summed E-state index contributed by atoms with van der Waals surface area (Å²) < 4.78 is 0. The van der Waals surface area contributed by atoms with E-state index in [0.717, 1.165) is 19.5 Å². The molecule has 0 aromatic heterocycles. The fraction of sp³-hybridized carbons (Fsp3) is 0.333. The maximum Gasteiger partial charge on any atom is -0.0165 e. The van der Waals surface area contributed by atoms with Crippen molar-refractivity contribution in [1.82, 2.24) is 4.81 Å². The van der Waals surface area contributed by atoms with Crippen LogP contribution in [0, 0.1) is 0 Å². The minimum Gasteiger partial charge on any atom is -0.526 e. The number of allylic oxidation sites excluding steroid dienone is 1. The monoisotopic (exact) mass is 312 g/mol. The van der Waals surface area contributed by atoms with Gasteiger partial charge in [-0.05, 0) is 32.0 Å². The Morgan fingerprint density at radius 3 is 2.67 bits per heavy atom. The number of benzene rings is 1. The van der Waals surface area contributed by atoms with E-state index < -0.39 is 0 Å². The van der Waals surface area contributed by atoms with Gasteiger partial charge in [0.2, 0.25) is 0 Å². The summed E-state index contributed by atoms with van der Waals surface area (Å²) in [6, 6.07) is 10.6. The van der Waals surface area contributed by atoms with Gasteiger partial charge < -0.3 is 27.2 Å². The van der Waals surface area contributed by atoms with Crippen LogP contribution in [-0.4, -0.2) is 16.6 Å². The van der Waals surface area contributed by atoms with Crippen LogP contribution in [0.4, 0.5) is 0 Å². The van der Waals surface area contributed by atoms with Crippen LogP contribution >= 0.6 is 22.4 Å². The van der Waals surface area contributed by atoms with E-state index in [-0.39, 0.29) is 0 Å². The highest BCUT2D eigenvalue weighted by atomic mass is 127. The Labute approximate surface area is 107 Å². The first-order valence-corrected chi connectivity index (χ1v) is 6.44. The molecule has 0 unspecified atom stereocenters. The number of halogens is 1. The lowest BCUT2D eigenvalue weighted by atomic mass is 10.1. The van der Waals surface area contributed by atoms with E-state index in [1.165, 1.54) is 5.56 Å². The SMILES string of the molecule is C/C=C/CCN([B-]I)Cc1ccccc1. The van der Waals surface area contributed by atoms with Gasteiger partial charge >= 0.3 is 0 Å². The molecule has 0 aliphatic carbocycles. The molecule has 0 bridgehead atoms. The third kappa shape index (κ3) is 5.37. The largest absolute Gasteiger partial charge is 0.526 e. The zero-order chi connectivity index (χ0) is 10.9. The predicted octanol–water partition coefficient (Wildman–Crippen LogP) is 3.42. The highest BCUT2D eigenvalue weighted by molar-refractivity contribution is 14.1. The van der Waals surface area contributed by atoms with Gasteiger partial charge in [0.25, 0.3) is 0 Å². The fourth-order valence-corrected chi connectivity index (χ4v) is 1.86. The van der Waals surface area contributed by atoms with Crippen LogP contribution in [-0.2, 0) is 6.54 Å². The van der Waals surface area contributed by atoms with Gasteiger partial charge in [-0.15, -0.1) is 0 Å². The van der Waals surface area contributed by atoms with E-state index in [4.69, 9.17) is 0 Å². The van der Waals surface area contributed by atoms with Crippen molar-refractivity contribution in [2.45, 2.75) is 19.9 Å². The van der Waals surface area contributed by atoms with Crippen LogP contribution in [0.1, 0.15) is 18.9 Å². The summed E-state index contributed by atoms with van der Waals surface area (Å²) in [5.41, 5.74) is 1.37. The van der Waals surface area contributed by atoms with Gasteiger partial charge in [-0.25, -0.2) is 0 Å². The van der Waals surface area contributed by atoms with E-state index in [1.807, 2.05) is 0 Å². The number of hydrogen-bond donors (Lipinski definition) is 0. The smallest absolute Gasteiger partial charge is 0.0165 e. The van der Waals surface area contributed by atoms with Crippen LogP contribution in [0.5, 0.6) is 0 Å². The van der Waals surface area contributed by atoms with E-state index >= 15 is 0 Å². The van der Waals surface area contributed by atoms with Crippen molar-refractivity contribution in [2.75, 3.05) is 6.54 Å². The lowest BCUT2D eigenvalue weighted by molar-refractivity contribution is 0.455. The topological polar surface area (TPSA) is 3.24 Å². The Morgan fingerprint density at radius 1 is 1.33 bits per heavy atom. The first-order chi connectivity index (χ1) is 7.36. The molecule has 0 N–H and O–H groups in total. The van der Waals surface area contributed by atoms with Crippen LogP contribution in [0.2, 0.25) is 0 Å². The highest BCUT2D eigenvalue weighted by Crippen LogP contribution is 2.05. The number of rotatable bonds is 6. The molecule has 1 rings (SSSR count). The molecule has 0 aliphatic heterocycles. The van der Waals surface area contributed by atoms with Crippen LogP contribution in [0.3, 0.4) is 0 Å². The van der Waals surface area contributed by atoms with Crippen molar-refractivity contribution in [3.63, 3.8) is 0 Å². The van der Waals surface area contributed by atoms with Crippen molar-refractivity contribution in [3.8, 4) is 0 Å². The molecule has 1 aromatic carbocycles. The summed E-state index contributed by atoms with van der Waals surface area (Å²) in [5, 5.41) is 2.13. The molecule has 15 heavy (non-hydrogen) atoms. The molecule has 0 spiro atoms. The molecule has 3 heteroatoms. The Balaban J connectivity index is 2.40. The molecule has 0 aliphatic rings. The molecular weight excluding hydrogens is 296 g/mol. The molecule has 80 valence electrons. The molecule has 1 aromatic rings. The van der Waals surface area contributed by atoms with E-state index in [2.05, 4.69) is 81.9 Å². The minimum atomic E-state index is 1.00. The van der Waals surface area contributed by atoms with E-state index in [0.29, 0.717) is 0 Å². The van der Waals surface area contributed by atoms with Gasteiger partial charge in [0.05, 0.1) is 0 Å². The van der Waals surface area contributed by atoms with Crippen LogP contribution in [0.15, 0.2) is 42.5 Å². The van der Waals surface area contributed by atoms with Gasteiger partial charge in [0.1, 0.15) is 0 Å². The molecule has 0 atom stereocenters. The fourth-order valence-electron chi connectivity index (χ4n) is 1.39. The van der Waals surface area contributed by atoms with Crippen LogP contribution in [0.25, 0.3) is 0 Å². The maximum absolute atomic E-state index is 2.33. The van der Waals surface area contributed by atoms with Gasteiger partial charge in [0.15, 0.2) is 0 Å². The highest BCUT2D eigenvalue weighted by Gasteiger charge is 1.93. The van der Waals surface area contributed by atoms with Gasteiger partial charge in [-0.3, -0.25) is 0 Å².